The quantitative estimate of drug-likeness (QED) is 0.793. The molecule has 0 atom stereocenters. The van der Waals surface area contributed by atoms with Crippen LogP contribution >= 0.6 is 0 Å². The van der Waals surface area contributed by atoms with E-state index < -0.39 is 0 Å². The van der Waals surface area contributed by atoms with E-state index in [1.807, 2.05) is 0 Å². The summed E-state index contributed by atoms with van der Waals surface area (Å²) < 4.78 is 6.82. The van der Waals surface area contributed by atoms with E-state index in [2.05, 4.69) is 55.3 Å². The van der Waals surface area contributed by atoms with Crippen LogP contribution in [0.3, 0.4) is 0 Å². The molecule has 21 heavy (non-hydrogen) atoms. The van der Waals surface area contributed by atoms with Crippen molar-refractivity contribution >= 4 is 6.29 Å². The highest BCUT2D eigenvalue weighted by atomic mass is 16.5. The fourth-order valence-electron chi connectivity index (χ4n) is 2.13. The highest BCUT2D eigenvalue weighted by Gasteiger charge is 2.14. The molecule has 0 aliphatic rings. The third-order valence-corrected chi connectivity index (χ3v) is 3.41. The number of carbonyl (C=O) groups is 1. The molecule has 0 aliphatic carbocycles. The molecule has 2 rings (SSSR count). The van der Waals surface area contributed by atoms with Gasteiger partial charge in [-0.2, -0.15) is 0 Å². The van der Waals surface area contributed by atoms with Gasteiger partial charge in [0.2, 0.25) is 0 Å². The maximum atomic E-state index is 11.0. The molecule has 0 fully saturated rings. The molecule has 2 aromatic rings. The lowest BCUT2D eigenvalue weighted by Crippen LogP contribution is -2.12. The lowest BCUT2D eigenvalue weighted by atomic mass is 9.87. The van der Waals surface area contributed by atoms with Gasteiger partial charge in [-0.3, -0.25) is 4.79 Å². The number of nitrogens with zero attached hydrogens (tertiary/aromatic N) is 3. The monoisotopic (exact) mass is 287 g/mol. The molecule has 5 nitrogen and oxygen atoms in total. The Bertz CT molecular complexity index is 609. The van der Waals surface area contributed by atoms with Crippen molar-refractivity contribution in [3.05, 3.63) is 46.8 Å². The largest absolute Gasteiger partial charge is 0.378 e. The molecule has 0 saturated heterocycles. The second kappa shape index (κ2) is 6.18. The van der Waals surface area contributed by atoms with Crippen molar-refractivity contribution in [2.45, 2.75) is 39.3 Å². The van der Waals surface area contributed by atoms with Crippen molar-refractivity contribution in [3.63, 3.8) is 0 Å². The summed E-state index contributed by atoms with van der Waals surface area (Å²) in [4.78, 5) is 11.0. The molecule has 0 bridgehead atoms. The summed E-state index contributed by atoms with van der Waals surface area (Å²) in [5.74, 6) is 0. The Balaban J connectivity index is 2.22. The number of aldehydes is 1. The number of ether oxygens (including phenoxy) is 1. The number of aromatic nitrogens is 3. The smallest absolute Gasteiger partial charge is 0.172 e. The van der Waals surface area contributed by atoms with Crippen LogP contribution in [0.1, 0.15) is 48.1 Å². The van der Waals surface area contributed by atoms with Crippen LogP contribution in [0.15, 0.2) is 24.3 Å². The zero-order valence-corrected chi connectivity index (χ0v) is 13.0. The van der Waals surface area contributed by atoms with E-state index in [-0.39, 0.29) is 5.41 Å². The minimum atomic E-state index is 0.137. The van der Waals surface area contributed by atoms with Crippen LogP contribution < -0.4 is 0 Å². The first-order valence-corrected chi connectivity index (χ1v) is 6.91. The fraction of sp³-hybridized carbons (Fsp3) is 0.438. The van der Waals surface area contributed by atoms with Gasteiger partial charge in [-0.05, 0) is 16.5 Å². The summed E-state index contributed by atoms with van der Waals surface area (Å²) in [5.41, 5.74) is 3.58. The Morgan fingerprint density at radius 3 is 2.43 bits per heavy atom. The predicted octanol–water partition coefficient (Wildman–Crippen LogP) is 2.58. The number of methoxy groups -OCH3 is 1. The summed E-state index contributed by atoms with van der Waals surface area (Å²) in [6, 6.07) is 8.42. The summed E-state index contributed by atoms with van der Waals surface area (Å²) in [5, 5.41) is 7.90. The maximum Gasteiger partial charge on any atom is 0.172 e. The Hall–Kier alpha value is -2.01. The number of benzene rings is 1. The number of carbonyl (C=O) groups excluding carboxylic acids is 1. The van der Waals surface area contributed by atoms with Gasteiger partial charge in [0.05, 0.1) is 18.8 Å². The van der Waals surface area contributed by atoms with Crippen molar-refractivity contribution in [1.82, 2.24) is 15.0 Å². The van der Waals surface area contributed by atoms with Crippen LogP contribution in [0, 0.1) is 0 Å². The standard InChI is InChI=1S/C16H21N3O2/c1-16(2,3)13-7-5-12(6-8-13)9-19-15(11-21-4)14(10-20)17-18-19/h5-8,10H,9,11H2,1-4H3. The summed E-state index contributed by atoms with van der Waals surface area (Å²) in [7, 11) is 1.59. The van der Waals surface area contributed by atoms with Crippen molar-refractivity contribution in [2.24, 2.45) is 0 Å². The van der Waals surface area contributed by atoms with Crippen LogP contribution in [0.4, 0.5) is 0 Å². The van der Waals surface area contributed by atoms with Gasteiger partial charge < -0.3 is 4.74 Å². The molecule has 0 radical (unpaired) electrons. The van der Waals surface area contributed by atoms with Crippen molar-refractivity contribution < 1.29 is 9.53 Å². The maximum absolute atomic E-state index is 11.0. The lowest BCUT2D eigenvalue weighted by Gasteiger charge is -2.19. The molecule has 0 saturated carbocycles. The van der Waals surface area contributed by atoms with Gasteiger partial charge in [0.1, 0.15) is 0 Å². The van der Waals surface area contributed by atoms with Crippen LogP contribution in [0.25, 0.3) is 0 Å². The first kappa shape index (κ1) is 15.4. The first-order chi connectivity index (χ1) is 9.95. The van der Waals surface area contributed by atoms with Gasteiger partial charge in [0, 0.05) is 7.11 Å². The van der Waals surface area contributed by atoms with E-state index >= 15 is 0 Å². The minimum Gasteiger partial charge on any atom is -0.378 e. The fourth-order valence-corrected chi connectivity index (χ4v) is 2.13. The van der Waals surface area contributed by atoms with Crippen LogP contribution in [-0.4, -0.2) is 28.4 Å². The van der Waals surface area contributed by atoms with E-state index in [4.69, 9.17) is 4.74 Å². The van der Waals surface area contributed by atoms with Gasteiger partial charge in [0.15, 0.2) is 12.0 Å². The molecular formula is C16H21N3O2. The molecule has 1 aromatic carbocycles. The number of hydrogen-bond acceptors (Lipinski definition) is 4. The predicted molar refractivity (Wildman–Crippen MR) is 80.4 cm³/mol. The van der Waals surface area contributed by atoms with Gasteiger partial charge in [-0.25, -0.2) is 4.68 Å². The minimum absolute atomic E-state index is 0.137. The van der Waals surface area contributed by atoms with Crippen molar-refractivity contribution in [3.8, 4) is 0 Å². The molecule has 0 aliphatic heterocycles. The molecule has 0 amide bonds. The Morgan fingerprint density at radius 1 is 1.24 bits per heavy atom. The zero-order valence-electron chi connectivity index (χ0n) is 13.0. The van der Waals surface area contributed by atoms with Gasteiger partial charge in [-0.1, -0.05) is 50.3 Å². The first-order valence-electron chi connectivity index (χ1n) is 6.91. The van der Waals surface area contributed by atoms with Gasteiger partial charge >= 0.3 is 0 Å². The van der Waals surface area contributed by atoms with Gasteiger partial charge in [-0.15, -0.1) is 5.10 Å². The average Bonchev–Trinajstić information content (AvgIpc) is 2.81. The molecular weight excluding hydrogens is 266 g/mol. The molecule has 0 unspecified atom stereocenters. The Kier molecular flexibility index (Phi) is 4.53. The highest BCUT2D eigenvalue weighted by molar-refractivity contribution is 5.73. The SMILES string of the molecule is COCc1c(C=O)nnn1Cc1ccc(C(C)(C)C)cc1. The van der Waals surface area contributed by atoms with E-state index in [9.17, 15) is 4.79 Å². The third-order valence-electron chi connectivity index (χ3n) is 3.41. The van der Waals surface area contributed by atoms with Crippen LogP contribution in [0.2, 0.25) is 0 Å². The highest BCUT2D eigenvalue weighted by Crippen LogP contribution is 2.22. The molecule has 5 heteroatoms. The third kappa shape index (κ3) is 3.55. The van der Waals surface area contributed by atoms with Gasteiger partial charge in [0.25, 0.3) is 0 Å². The number of rotatable bonds is 5. The lowest BCUT2D eigenvalue weighted by molar-refractivity contribution is 0.111. The zero-order chi connectivity index (χ0) is 15.5. The second-order valence-electron chi connectivity index (χ2n) is 6.08. The van der Waals surface area contributed by atoms with E-state index in [1.54, 1.807) is 11.8 Å². The van der Waals surface area contributed by atoms with Crippen LogP contribution in [-0.2, 0) is 23.3 Å². The molecule has 0 spiro atoms. The summed E-state index contributed by atoms with van der Waals surface area (Å²) in [6.45, 7) is 7.45. The topological polar surface area (TPSA) is 57.0 Å². The average molecular weight is 287 g/mol. The Labute approximate surface area is 124 Å². The van der Waals surface area contributed by atoms with E-state index in [0.29, 0.717) is 30.8 Å². The van der Waals surface area contributed by atoms with Crippen LogP contribution in [0.5, 0.6) is 0 Å². The molecule has 0 N–H and O–H groups in total. The normalized spacial score (nSPS) is 11.6. The molecule has 1 heterocycles. The van der Waals surface area contributed by atoms with E-state index in [1.165, 1.54) is 5.56 Å². The molecule has 112 valence electrons. The van der Waals surface area contributed by atoms with Crippen molar-refractivity contribution in [2.75, 3.05) is 7.11 Å². The molecule has 1 aromatic heterocycles. The van der Waals surface area contributed by atoms with E-state index in [0.717, 1.165) is 5.56 Å². The number of hydrogen-bond donors (Lipinski definition) is 0. The van der Waals surface area contributed by atoms with Crippen molar-refractivity contribution in [1.29, 1.82) is 0 Å². The second-order valence-corrected chi connectivity index (χ2v) is 6.08. The summed E-state index contributed by atoms with van der Waals surface area (Å²) in [6.07, 6.45) is 0.709. The summed E-state index contributed by atoms with van der Waals surface area (Å²) >= 11 is 0. The Morgan fingerprint density at radius 2 is 1.90 bits per heavy atom.